The van der Waals surface area contributed by atoms with Gasteiger partial charge in [0.05, 0.1) is 12.2 Å². The Kier molecular flexibility index (Phi) is 38.6. The van der Waals surface area contributed by atoms with E-state index in [2.05, 4.69) is 34.6 Å². The van der Waals surface area contributed by atoms with Gasteiger partial charge < -0.3 is 10.2 Å². The van der Waals surface area contributed by atoms with E-state index in [4.69, 9.17) is 0 Å². The van der Waals surface area contributed by atoms with Gasteiger partial charge in [0.15, 0.2) is 0 Å². The molecule has 0 bridgehead atoms. The first-order valence-corrected chi connectivity index (χ1v) is 23.8. The van der Waals surface area contributed by atoms with Crippen LogP contribution < -0.4 is 0 Å². The van der Waals surface area contributed by atoms with Crippen LogP contribution in [0, 0.1) is 11.3 Å². The maximum absolute atomic E-state index is 11.5. The van der Waals surface area contributed by atoms with Crippen LogP contribution in [-0.4, -0.2) is 22.4 Å². The number of aliphatic hydroxyl groups excluding tert-OH is 2. The first kappa shape index (κ1) is 49.9. The Hall–Kier alpha value is -0.0800. The van der Waals surface area contributed by atoms with E-state index in [1.807, 2.05) is 0 Å². The maximum atomic E-state index is 11.5. The number of unbranched alkanes of at least 4 members (excludes halogenated alkanes) is 27. The molecule has 2 heteroatoms. The summed E-state index contributed by atoms with van der Waals surface area (Å²) in [6.07, 6.45) is 50.3. The van der Waals surface area contributed by atoms with Crippen LogP contribution in [0.2, 0.25) is 0 Å². The molecule has 0 amide bonds. The van der Waals surface area contributed by atoms with Crippen molar-refractivity contribution in [3.8, 4) is 0 Å². The van der Waals surface area contributed by atoms with E-state index >= 15 is 0 Å². The summed E-state index contributed by atoms with van der Waals surface area (Å²) in [4.78, 5) is 0. The van der Waals surface area contributed by atoms with E-state index < -0.39 is 0 Å². The molecule has 0 aromatic heterocycles. The molecule has 0 aromatic rings. The molecule has 0 rings (SSSR count). The lowest BCUT2D eigenvalue weighted by Crippen LogP contribution is -2.33. The van der Waals surface area contributed by atoms with Crippen LogP contribution in [-0.2, 0) is 0 Å². The van der Waals surface area contributed by atoms with Crippen molar-refractivity contribution in [1.29, 1.82) is 0 Å². The fraction of sp³-hybridized carbons (Fsp3) is 1.00. The van der Waals surface area contributed by atoms with Crippen LogP contribution in [0.1, 0.15) is 285 Å². The van der Waals surface area contributed by atoms with Crippen molar-refractivity contribution in [2.45, 2.75) is 297 Å². The monoisotopic (exact) mass is 707 g/mol. The average molecular weight is 707 g/mol. The fourth-order valence-corrected chi connectivity index (χ4v) is 8.83. The van der Waals surface area contributed by atoms with Gasteiger partial charge in [-0.1, -0.05) is 253 Å². The highest BCUT2D eigenvalue weighted by molar-refractivity contribution is 4.86. The molecule has 302 valence electrons. The summed E-state index contributed by atoms with van der Waals surface area (Å²) in [6, 6.07) is 0. The molecule has 0 aliphatic heterocycles. The first-order valence-electron chi connectivity index (χ1n) is 23.8. The third-order valence-electron chi connectivity index (χ3n) is 12.3. The lowest BCUT2D eigenvalue weighted by molar-refractivity contribution is 0.0183. The maximum Gasteiger partial charge on any atom is 0.0545 e. The number of rotatable bonds is 42. The zero-order valence-corrected chi connectivity index (χ0v) is 35.7. The molecule has 2 nitrogen and oxygen atoms in total. The summed E-state index contributed by atoms with van der Waals surface area (Å²) in [5.74, 6) is 0.747. The van der Waals surface area contributed by atoms with Crippen LogP contribution in [0.5, 0.6) is 0 Å². The lowest BCUT2D eigenvalue weighted by atomic mass is 9.67. The minimum atomic E-state index is -0.215. The molecule has 4 unspecified atom stereocenters. The van der Waals surface area contributed by atoms with Gasteiger partial charge in [-0.15, -0.1) is 0 Å². The summed E-state index contributed by atoms with van der Waals surface area (Å²) < 4.78 is 0. The normalized spacial score (nSPS) is 14.9. The molecule has 0 saturated carbocycles. The zero-order chi connectivity index (χ0) is 36.8. The van der Waals surface area contributed by atoms with Crippen molar-refractivity contribution < 1.29 is 10.2 Å². The van der Waals surface area contributed by atoms with E-state index in [-0.39, 0.29) is 17.6 Å². The number of hydrogen-bond acceptors (Lipinski definition) is 2. The number of hydrogen-bond donors (Lipinski definition) is 2. The van der Waals surface area contributed by atoms with Crippen LogP contribution in [0.15, 0.2) is 0 Å². The molecule has 0 radical (unpaired) electrons. The van der Waals surface area contributed by atoms with Gasteiger partial charge in [0, 0.05) is 0 Å². The molecule has 0 aromatic carbocycles. The second-order valence-corrected chi connectivity index (χ2v) is 17.3. The Labute approximate surface area is 317 Å². The molecule has 4 atom stereocenters. The van der Waals surface area contributed by atoms with Crippen LogP contribution in [0.4, 0.5) is 0 Å². The van der Waals surface area contributed by atoms with Crippen molar-refractivity contribution in [2.24, 2.45) is 11.3 Å². The summed E-state index contributed by atoms with van der Waals surface area (Å²) in [6.45, 7) is 11.6. The van der Waals surface area contributed by atoms with Crippen LogP contribution in [0.3, 0.4) is 0 Å². The van der Waals surface area contributed by atoms with Gasteiger partial charge in [-0.3, -0.25) is 0 Å². The van der Waals surface area contributed by atoms with Crippen molar-refractivity contribution in [3.63, 3.8) is 0 Å². The highest BCUT2D eigenvalue weighted by Crippen LogP contribution is 2.44. The first-order chi connectivity index (χ1) is 24.5. The van der Waals surface area contributed by atoms with E-state index in [1.54, 1.807) is 0 Å². The highest BCUT2D eigenvalue weighted by Gasteiger charge is 2.35. The van der Waals surface area contributed by atoms with Crippen molar-refractivity contribution >= 4 is 0 Å². The second kappa shape index (κ2) is 38.6. The largest absolute Gasteiger partial charge is 0.393 e. The Bertz CT molecular complexity index is 634. The number of aliphatic hydroxyl groups is 2. The molecule has 50 heavy (non-hydrogen) atoms. The van der Waals surface area contributed by atoms with Crippen molar-refractivity contribution in [3.05, 3.63) is 0 Å². The molecule has 0 aliphatic rings. The Morgan fingerprint density at radius 3 is 0.800 bits per heavy atom. The van der Waals surface area contributed by atoms with Gasteiger partial charge in [0.1, 0.15) is 0 Å². The summed E-state index contributed by atoms with van der Waals surface area (Å²) >= 11 is 0. The summed E-state index contributed by atoms with van der Waals surface area (Å²) in [7, 11) is 0. The van der Waals surface area contributed by atoms with Gasteiger partial charge in [-0.05, 0) is 43.4 Å². The molecule has 0 fully saturated rings. The molecule has 0 heterocycles. The molecule has 0 spiro atoms. The predicted molar refractivity (Wildman–Crippen MR) is 226 cm³/mol. The molecule has 2 N–H and O–H groups in total. The molecular formula is C48H98O2. The third-order valence-corrected chi connectivity index (χ3v) is 12.3. The minimum absolute atomic E-state index is 0.0756. The van der Waals surface area contributed by atoms with Gasteiger partial charge in [-0.2, -0.15) is 0 Å². The zero-order valence-electron chi connectivity index (χ0n) is 35.7. The summed E-state index contributed by atoms with van der Waals surface area (Å²) in [5.41, 5.74) is 0.0756. The highest BCUT2D eigenvalue weighted by atomic mass is 16.3. The Morgan fingerprint density at radius 1 is 0.300 bits per heavy atom. The Balaban J connectivity index is 5.18. The van der Waals surface area contributed by atoms with Gasteiger partial charge in [0.2, 0.25) is 0 Å². The van der Waals surface area contributed by atoms with Crippen molar-refractivity contribution in [2.75, 3.05) is 0 Å². The molecular weight excluding hydrogens is 609 g/mol. The third kappa shape index (κ3) is 32.6. The second-order valence-electron chi connectivity index (χ2n) is 17.3. The summed E-state index contributed by atoms with van der Waals surface area (Å²) in [5, 5.41) is 23.0. The van der Waals surface area contributed by atoms with E-state index in [9.17, 15) is 10.2 Å². The standard InChI is InChI=1S/C48H98O2/c1-6-11-15-19-23-24-25-26-27-29-33-37-41-47(50)44-48(10-5,43-46(49)40-36-32-22-18-14-9-4)42-45(38-34-30-21-17-13-8-3)39-35-31-28-20-16-12-7-2/h45-47,49-50H,6-44H2,1-5H3. The molecule has 0 saturated heterocycles. The van der Waals surface area contributed by atoms with Gasteiger partial charge >= 0.3 is 0 Å². The van der Waals surface area contributed by atoms with Gasteiger partial charge in [0.25, 0.3) is 0 Å². The van der Waals surface area contributed by atoms with Crippen LogP contribution >= 0.6 is 0 Å². The SMILES string of the molecule is CCCCCCCCCCCCCCC(O)CC(CC)(CC(O)CCCCCCCC)CC(CCCCCCCC)CCCCCCCCC. The fourth-order valence-electron chi connectivity index (χ4n) is 8.83. The lowest BCUT2D eigenvalue weighted by Gasteiger charge is -2.40. The van der Waals surface area contributed by atoms with Crippen LogP contribution in [0.25, 0.3) is 0 Å². The molecule has 0 aliphatic carbocycles. The van der Waals surface area contributed by atoms with Gasteiger partial charge in [-0.25, -0.2) is 0 Å². The van der Waals surface area contributed by atoms with E-state index in [0.29, 0.717) is 0 Å². The van der Waals surface area contributed by atoms with E-state index in [1.165, 1.54) is 205 Å². The average Bonchev–Trinajstić information content (AvgIpc) is 3.11. The quantitative estimate of drug-likeness (QED) is 0.0620. The topological polar surface area (TPSA) is 40.5 Å². The smallest absolute Gasteiger partial charge is 0.0545 e. The minimum Gasteiger partial charge on any atom is -0.393 e. The van der Waals surface area contributed by atoms with E-state index in [0.717, 1.165) is 50.9 Å². The predicted octanol–water partition coefficient (Wildman–Crippen LogP) is 16.6. The van der Waals surface area contributed by atoms with Crippen molar-refractivity contribution in [1.82, 2.24) is 0 Å². The Morgan fingerprint density at radius 2 is 0.540 bits per heavy atom.